The number of ether oxygens (including phenoxy) is 1. The van der Waals surface area contributed by atoms with Gasteiger partial charge in [-0.25, -0.2) is 9.97 Å². The second kappa shape index (κ2) is 13.4. The third kappa shape index (κ3) is 6.90. The Bertz CT molecular complexity index is 1290. The molecule has 0 amide bonds. The molecule has 0 saturated carbocycles. The van der Waals surface area contributed by atoms with E-state index in [4.69, 9.17) is 9.73 Å². The Morgan fingerprint density at radius 2 is 1.85 bits per heavy atom. The van der Waals surface area contributed by atoms with Crippen LogP contribution in [0, 0.1) is 0 Å². The Hall–Kier alpha value is -3.25. The van der Waals surface area contributed by atoms with Crippen LogP contribution in [0.2, 0.25) is 0 Å². The van der Waals surface area contributed by atoms with Gasteiger partial charge in [0.15, 0.2) is 5.88 Å². The number of nitrogens with one attached hydrogen (secondary N) is 2. The first-order valence-electron chi connectivity index (χ1n) is 14.4. The van der Waals surface area contributed by atoms with Gasteiger partial charge < -0.3 is 35.1 Å². The highest BCUT2D eigenvalue weighted by atomic mass is 16.5. The van der Waals surface area contributed by atoms with Gasteiger partial charge in [0, 0.05) is 44.6 Å². The summed E-state index contributed by atoms with van der Waals surface area (Å²) in [6.07, 6.45) is 7.50. The van der Waals surface area contributed by atoms with Crippen molar-refractivity contribution in [2.75, 3.05) is 70.2 Å². The van der Waals surface area contributed by atoms with E-state index in [0.29, 0.717) is 29.0 Å². The minimum atomic E-state index is -0.444. The van der Waals surface area contributed by atoms with Gasteiger partial charge in [-0.2, -0.15) is 0 Å². The molecule has 4 heterocycles. The minimum Gasteiger partial charge on any atom is -0.494 e. The number of fused-ring (bicyclic) bond motifs is 2. The van der Waals surface area contributed by atoms with Crippen LogP contribution in [-0.4, -0.2) is 107 Å². The van der Waals surface area contributed by atoms with Gasteiger partial charge in [-0.1, -0.05) is 6.42 Å². The fourth-order valence-corrected chi connectivity index (χ4v) is 5.48. The minimum absolute atomic E-state index is 0.00782. The van der Waals surface area contributed by atoms with Crippen LogP contribution < -0.4 is 10.2 Å². The third-order valence-corrected chi connectivity index (χ3v) is 7.80. The van der Waals surface area contributed by atoms with Crippen LogP contribution in [0.4, 0.5) is 17.2 Å². The van der Waals surface area contributed by atoms with E-state index in [-0.39, 0.29) is 5.88 Å². The van der Waals surface area contributed by atoms with Gasteiger partial charge in [-0.3, -0.25) is 9.89 Å². The summed E-state index contributed by atoms with van der Waals surface area (Å²) in [4.78, 5) is 23.2. The maximum Gasteiger partial charge on any atom is 0.199 e. The van der Waals surface area contributed by atoms with Gasteiger partial charge in [0.1, 0.15) is 24.0 Å². The lowest BCUT2D eigenvalue weighted by molar-refractivity contribution is 0.0136. The molecule has 1 unspecified atom stereocenters. The number of nitrogens with zero attached hydrogens (tertiary/aromatic N) is 6. The van der Waals surface area contributed by atoms with Gasteiger partial charge >= 0.3 is 0 Å². The number of rotatable bonds is 1. The van der Waals surface area contributed by atoms with E-state index in [1.807, 2.05) is 18.0 Å². The van der Waals surface area contributed by atoms with E-state index in [9.17, 15) is 10.2 Å². The maximum absolute atomic E-state index is 10.7. The van der Waals surface area contributed by atoms with Crippen molar-refractivity contribution in [3.05, 3.63) is 35.7 Å². The van der Waals surface area contributed by atoms with Crippen LogP contribution in [-0.2, 0) is 11.3 Å². The van der Waals surface area contributed by atoms with E-state index in [2.05, 4.69) is 49.2 Å². The molecule has 11 heteroatoms. The number of aliphatic hydroxyl groups excluding tert-OH is 1. The van der Waals surface area contributed by atoms with E-state index < -0.39 is 6.23 Å². The molecule has 1 atom stereocenters. The average molecular weight is 551 g/mol. The molecule has 3 aromatic rings. The van der Waals surface area contributed by atoms with E-state index in [1.54, 1.807) is 6.21 Å². The first kappa shape index (κ1) is 28.3. The molecule has 0 aliphatic carbocycles. The number of aromatic nitrogens is 3. The van der Waals surface area contributed by atoms with Gasteiger partial charge in [0.2, 0.25) is 0 Å². The molecule has 2 bridgehead atoms. The summed E-state index contributed by atoms with van der Waals surface area (Å²) in [5, 5.41) is 25.4. The molecular weight excluding hydrogens is 508 g/mol. The summed E-state index contributed by atoms with van der Waals surface area (Å²) in [5.74, 6) is 0.649. The highest BCUT2D eigenvalue weighted by molar-refractivity contribution is 6.06. The molecule has 0 radical (unpaired) electrons. The van der Waals surface area contributed by atoms with Crippen LogP contribution >= 0.6 is 0 Å². The Morgan fingerprint density at radius 1 is 1.00 bits per heavy atom. The first-order valence-corrected chi connectivity index (χ1v) is 14.4. The number of aliphatic imine (C=N–C) groups is 1. The van der Waals surface area contributed by atoms with Crippen LogP contribution in [0.3, 0.4) is 0 Å². The van der Waals surface area contributed by atoms with Crippen molar-refractivity contribution >= 4 is 34.4 Å². The lowest BCUT2D eigenvalue weighted by Crippen LogP contribution is -2.37. The number of hydrogen-bond acceptors (Lipinski definition) is 10. The maximum atomic E-state index is 10.7. The van der Waals surface area contributed by atoms with Gasteiger partial charge in [0.05, 0.1) is 29.9 Å². The number of benzene rings is 1. The Kier molecular flexibility index (Phi) is 9.48. The Labute approximate surface area is 235 Å². The van der Waals surface area contributed by atoms with Gasteiger partial charge in [0.25, 0.3) is 0 Å². The smallest absolute Gasteiger partial charge is 0.199 e. The van der Waals surface area contributed by atoms with Crippen molar-refractivity contribution in [1.29, 1.82) is 0 Å². The zero-order valence-corrected chi connectivity index (χ0v) is 23.6. The van der Waals surface area contributed by atoms with Crippen LogP contribution in [0.15, 0.2) is 29.5 Å². The second-order valence-corrected chi connectivity index (χ2v) is 10.8. The fourth-order valence-electron chi connectivity index (χ4n) is 5.48. The highest BCUT2D eigenvalue weighted by Crippen LogP contribution is 2.31. The summed E-state index contributed by atoms with van der Waals surface area (Å²) in [6.45, 7) is 6.43. The summed E-state index contributed by atoms with van der Waals surface area (Å²) in [5.41, 5.74) is 4.35. The number of aromatic hydroxyl groups is 1. The van der Waals surface area contributed by atoms with Crippen LogP contribution in [0.5, 0.6) is 5.88 Å². The molecule has 216 valence electrons. The molecular formula is C29H42N8O3. The predicted molar refractivity (Wildman–Crippen MR) is 159 cm³/mol. The predicted octanol–water partition coefficient (Wildman–Crippen LogP) is 3.31. The monoisotopic (exact) mass is 550 g/mol. The van der Waals surface area contributed by atoms with Crippen molar-refractivity contribution in [2.45, 2.75) is 44.9 Å². The Balaban J connectivity index is 1.47. The molecule has 11 nitrogen and oxygen atoms in total. The molecule has 4 N–H and O–H groups in total. The summed E-state index contributed by atoms with van der Waals surface area (Å²) >= 11 is 0. The largest absolute Gasteiger partial charge is 0.494 e. The highest BCUT2D eigenvalue weighted by Gasteiger charge is 2.18. The lowest BCUT2D eigenvalue weighted by atomic mass is 10.1. The number of anilines is 2. The van der Waals surface area contributed by atoms with Gasteiger partial charge in [-0.05, 0) is 70.1 Å². The molecule has 1 fully saturated rings. The van der Waals surface area contributed by atoms with E-state index >= 15 is 0 Å². The topological polar surface area (TPSA) is 125 Å². The third-order valence-electron chi connectivity index (χ3n) is 7.80. The van der Waals surface area contributed by atoms with E-state index in [1.165, 1.54) is 17.6 Å². The number of aromatic amines is 1. The molecule has 0 spiro atoms. The SMILES string of the molecule is CN1CCCCCC(O)N(C)CCCNc2ncnc3[nH]c(O)c(c23)C=Nc2ccc(N3CCOCC3)c(c2)C1. The first-order chi connectivity index (χ1) is 19.5. The molecule has 2 aromatic heterocycles. The quantitative estimate of drug-likeness (QED) is 0.361. The number of hydrogen-bond donors (Lipinski definition) is 4. The molecule has 5 rings (SSSR count). The molecule has 1 aromatic carbocycles. The molecule has 1 saturated heterocycles. The molecule has 40 heavy (non-hydrogen) atoms. The number of H-pyrrole nitrogens is 1. The van der Waals surface area contributed by atoms with Crippen molar-refractivity contribution < 1.29 is 14.9 Å². The van der Waals surface area contributed by atoms with Crippen molar-refractivity contribution in [3.8, 4) is 5.88 Å². The zero-order valence-electron chi connectivity index (χ0n) is 23.6. The van der Waals surface area contributed by atoms with Crippen molar-refractivity contribution in [3.63, 3.8) is 0 Å². The second-order valence-electron chi connectivity index (χ2n) is 10.8. The summed E-state index contributed by atoms with van der Waals surface area (Å²) in [6, 6.07) is 6.33. The number of morpholine rings is 1. The normalized spacial score (nSPS) is 21.2. The van der Waals surface area contributed by atoms with Crippen molar-refractivity contribution in [2.24, 2.45) is 4.99 Å². The van der Waals surface area contributed by atoms with Crippen LogP contribution in [0.25, 0.3) is 11.0 Å². The fraction of sp³-hybridized carbons (Fsp3) is 0.552. The standard InChI is InChI=1S/C29H42N8O3/c1-35-11-5-3-4-7-25(38)36(2)12-6-10-30-27-26-23(29(39)34-28(26)33-20-32-27)18-31-22-8-9-24(21(17-22)19-35)37-13-15-40-16-14-37/h8-9,17-18,20,25,38-39H,3-7,10-16,19H2,1-2H3,(H2,30,32,33,34). The molecule has 2 aliphatic heterocycles. The Morgan fingerprint density at radius 3 is 2.70 bits per heavy atom. The number of aliphatic hydroxyl groups is 1. The average Bonchev–Trinajstić information content (AvgIpc) is 3.29. The summed E-state index contributed by atoms with van der Waals surface area (Å²) in [7, 11) is 4.13. The van der Waals surface area contributed by atoms with Crippen LogP contribution in [0.1, 0.15) is 43.2 Å². The van der Waals surface area contributed by atoms with Crippen molar-refractivity contribution in [1.82, 2.24) is 24.8 Å². The molecule has 2 aliphatic rings. The summed E-state index contributed by atoms with van der Waals surface area (Å²) < 4.78 is 5.59. The van der Waals surface area contributed by atoms with Gasteiger partial charge in [-0.15, -0.1) is 0 Å². The lowest BCUT2D eigenvalue weighted by Gasteiger charge is -2.31. The zero-order chi connectivity index (χ0) is 27.9. The van der Waals surface area contributed by atoms with E-state index in [0.717, 1.165) is 83.7 Å².